The van der Waals surface area contributed by atoms with Crippen LogP contribution in [0.15, 0.2) is 36.5 Å². The molecule has 3 aromatic rings. The van der Waals surface area contributed by atoms with Gasteiger partial charge >= 0.3 is 0 Å². The molecule has 0 atom stereocenters. The molecule has 2 heterocycles. The third kappa shape index (κ3) is 2.20. The first-order valence-corrected chi connectivity index (χ1v) is 6.88. The summed E-state index contributed by atoms with van der Waals surface area (Å²) in [6, 6.07) is 9.73. The number of rotatable bonds is 3. The molecule has 0 saturated heterocycles. The van der Waals surface area contributed by atoms with Gasteiger partial charge in [-0.1, -0.05) is 0 Å². The second-order valence-electron chi connectivity index (χ2n) is 5.20. The minimum Gasteiger partial charge on any atom is -0.497 e. The topological polar surface area (TPSA) is 66.0 Å². The van der Waals surface area contributed by atoms with Crippen molar-refractivity contribution in [2.45, 2.75) is 19.9 Å². The molecular weight excluding hydrogens is 264 g/mol. The number of nitrogens with two attached hydrogens (primary N) is 1. The van der Waals surface area contributed by atoms with E-state index < -0.39 is 0 Å². The van der Waals surface area contributed by atoms with Crippen LogP contribution in [0.3, 0.4) is 0 Å². The van der Waals surface area contributed by atoms with Crippen LogP contribution in [-0.4, -0.2) is 21.6 Å². The van der Waals surface area contributed by atoms with Gasteiger partial charge in [0.15, 0.2) is 5.65 Å². The normalized spacial score (nSPS) is 11.2. The number of pyridine rings is 1. The summed E-state index contributed by atoms with van der Waals surface area (Å²) in [7, 11) is 1.63. The summed E-state index contributed by atoms with van der Waals surface area (Å²) in [6.07, 6.45) is 1.78. The highest BCUT2D eigenvalue weighted by atomic mass is 16.5. The first-order chi connectivity index (χ1) is 10.1. The highest BCUT2D eigenvalue weighted by Crippen LogP contribution is 2.32. The van der Waals surface area contributed by atoms with Crippen LogP contribution in [0.4, 0.5) is 5.69 Å². The average Bonchev–Trinajstić information content (AvgIpc) is 2.86. The van der Waals surface area contributed by atoms with Crippen LogP contribution in [0.2, 0.25) is 0 Å². The van der Waals surface area contributed by atoms with Gasteiger partial charge in [0.1, 0.15) is 17.1 Å². The minimum absolute atomic E-state index is 0.237. The van der Waals surface area contributed by atoms with Crippen molar-refractivity contribution < 1.29 is 4.74 Å². The van der Waals surface area contributed by atoms with Crippen LogP contribution in [-0.2, 0) is 0 Å². The Bertz CT molecular complexity index is 792. The van der Waals surface area contributed by atoms with Gasteiger partial charge in [0.05, 0.1) is 7.11 Å². The lowest BCUT2D eigenvalue weighted by Crippen LogP contribution is -2.05. The van der Waals surface area contributed by atoms with E-state index in [-0.39, 0.29) is 6.04 Å². The first-order valence-electron chi connectivity index (χ1n) is 6.88. The Kier molecular flexibility index (Phi) is 3.25. The molecule has 0 saturated carbocycles. The van der Waals surface area contributed by atoms with Crippen molar-refractivity contribution in [3.05, 3.63) is 36.5 Å². The molecule has 0 aliphatic heterocycles. The van der Waals surface area contributed by atoms with E-state index in [2.05, 4.69) is 23.4 Å². The molecule has 0 aliphatic carbocycles. The van der Waals surface area contributed by atoms with Crippen LogP contribution in [0, 0.1) is 0 Å². The standard InChI is InChI=1S/C16H18N4O/c1-10(2)20-15(19-14-5-4-8-18-16(14)20)12-7-6-11(21-3)9-13(12)17/h4-10H,17H2,1-3H3. The average molecular weight is 282 g/mol. The Morgan fingerprint density at radius 2 is 2.05 bits per heavy atom. The van der Waals surface area contributed by atoms with Gasteiger partial charge in [-0.25, -0.2) is 9.97 Å². The zero-order valence-electron chi connectivity index (χ0n) is 12.4. The molecule has 108 valence electrons. The zero-order chi connectivity index (χ0) is 15.0. The van der Waals surface area contributed by atoms with E-state index in [0.29, 0.717) is 5.69 Å². The monoisotopic (exact) mass is 282 g/mol. The Morgan fingerprint density at radius 1 is 1.24 bits per heavy atom. The summed E-state index contributed by atoms with van der Waals surface area (Å²) in [5.74, 6) is 1.57. The van der Waals surface area contributed by atoms with E-state index in [1.54, 1.807) is 13.3 Å². The number of benzene rings is 1. The van der Waals surface area contributed by atoms with Gasteiger partial charge in [0, 0.05) is 29.6 Å². The number of ether oxygens (including phenoxy) is 1. The van der Waals surface area contributed by atoms with Crippen LogP contribution in [0.1, 0.15) is 19.9 Å². The molecule has 2 N–H and O–H groups in total. The van der Waals surface area contributed by atoms with Gasteiger partial charge in [0.25, 0.3) is 0 Å². The van der Waals surface area contributed by atoms with E-state index in [9.17, 15) is 0 Å². The lowest BCUT2D eigenvalue weighted by atomic mass is 10.1. The summed E-state index contributed by atoms with van der Waals surface area (Å²) in [5, 5.41) is 0. The fourth-order valence-electron chi connectivity index (χ4n) is 2.48. The smallest absolute Gasteiger partial charge is 0.160 e. The third-order valence-corrected chi connectivity index (χ3v) is 3.46. The Balaban J connectivity index is 2.27. The Hall–Kier alpha value is -2.56. The molecule has 2 aromatic heterocycles. The molecule has 5 heteroatoms. The summed E-state index contributed by atoms with van der Waals surface area (Å²) in [6.45, 7) is 4.22. The van der Waals surface area contributed by atoms with Gasteiger partial charge in [0.2, 0.25) is 0 Å². The molecule has 0 amide bonds. The highest BCUT2D eigenvalue weighted by Gasteiger charge is 2.17. The number of aromatic nitrogens is 3. The van der Waals surface area contributed by atoms with Crippen molar-refractivity contribution in [1.29, 1.82) is 0 Å². The Morgan fingerprint density at radius 3 is 2.71 bits per heavy atom. The Labute approximate surface area is 123 Å². The van der Waals surface area contributed by atoms with Gasteiger partial charge in [-0.05, 0) is 38.1 Å². The number of imidazole rings is 1. The van der Waals surface area contributed by atoms with E-state index >= 15 is 0 Å². The number of hydrogen-bond acceptors (Lipinski definition) is 4. The van der Waals surface area contributed by atoms with E-state index in [4.69, 9.17) is 15.5 Å². The number of nitrogens with zero attached hydrogens (tertiary/aromatic N) is 3. The fraction of sp³-hybridized carbons (Fsp3) is 0.250. The van der Waals surface area contributed by atoms with E-state index in [0.717, 1.165) is 28.3 Å². The molecule has 0 aliphatic rings. The maximum absolute atomic E-state index is 6.17. The van der Waals surface area contributed by atoms with Crippen molar-refractivity contribution >= 4 is 16.9 Å². The minimum atomic E-state index is 0.237. The van der Waals surface area contributed by atoms with Crippen LogP contribution in [0.5, 0.6) is 5.75 Å². The molecule has 5 nitrogen and oxygen atoms in total. The summed E-state index contributed by atoms with van der Waals surface area (Å²) in [5.41, 5.74) is 9.45. The molecule has 21 heavy (non-hydrogen) atoms. The molecule has 0 fully saturated rings. The molecule has 0 bridgehead atoms. The van der Waals surface area contributed by atoms with Crippen LogP contribution < -0.4 is 10.5 Å². The maximum atomic E-state index is 6.17. The lowest BCUT2D eigenvalue weighted by molar-refractivity contribution is 0.415. The second-order valence-corrected chi connectivity index (χ2v) is 5.20. The van der Waals surface area contributed by atoms with Gasteiger partial charge < -0.3 is 15.0 Å². The third-order valence-electron chi connectivity index (χ3n) is 3.46. The molecule has 0 unspecified atom stereocenters. The molecule has 0 spiro atoms. The fourth-order valence-corrected chi connectivity index (χ4v) is 2.48. The van der Waals surface area contributed by atoms with Crippen LogP contribution >= 0.6 is 0 Å². The predicted molar refractivity (Wildman–Crippen MR) is 84.3 cm³/mol. The summed E-state index contributed by atoms with van der Waals surface area (Å²) in [4.78, 5) is 9.15. The summed E-state index contributed by atoms with van der Waals surface area (Å²) < 4.78 is 7.31. The first kappa shape index (κ1) is 13.4. The van der Waals surface area contributed by atoms with Crippen molar-refractivity contribution in [1.82, 2.24) is 14.5 Å². The van der Waals surface area contributed by atoms with Crippen LogP contribution in [0.25, 0.3) is 22.6 Å². The SMILES string of the molecule is COc1ccc(-c2nc3cccnc3n2C(C)C)c(N)c1. The van der Waals surface area contributed by atoms with Crippen molar-refractivity contribution in [2.24, 2.45) is 0 Å². The van der Waals surface area contributed by atoms with Crippen molar-refractivity contribution in [3.8, 4) is 17.1 Å². The quantitative estimate of drug-likeness (QED) is 0.749. The number of nitrogen functional groups attached to an aromatic ring is 1. The van der Waals surface area contributed by atoms with Crippen molar-refractivity contribution in [3.63, 3.8) is 0 Å². The van der Waals surface area contributed by atoms with Gasteiger partial charge in [-0.2, -0.15) is 0 Å². The number of hydrogen-bond donors (Lipinski definition) is 1. The second kappa shape index (κ2) is 5.09. The number of fused-ring (bicyclic) bond motifs is 1. The predicted octanol–water partition coefficient (Wildman–Crippen LogP) is 3.27. The number of methoxy groups -OCH3 is 1. The highest BCUT2D eigenvalue weighted by molar-refractivity contribution is 5.81. The van der Waals surface area contributed by atoms with Crippen molar-refractivity contribution in [2.75, 3.05) is 12.8 Å². The summed E-state index contributed by atoms with van der Waals surface area (Å²) >= 11 is 0. The molecular formula is C16H18N4O. The maximum Gasteiger partial charge on any atom is 0.160 e. The number of anilines is 1. The lowest BCUT2D eigenvalue weighted by Gasteiger charge is -2.14. The van der Waals surface area contributed by atoms with E-state index in [1.165, 1.54) is 0 Å². The zero-order valence-corrected chi connectivity index (χ0v) is 12.4. The molecule has 1 aromatic carbocycles. The van der Waals surface area contributed by atoms with E-state index in [1.807, 2.05) is 30.3 Å². The van der Waals surface area contributed by atoms with Gasteiger partial charge in [-0.3, -0.25) is 0 Å². The molecule has 0 radical (unpaired) electrons. The largest absolute Gasteiger partial charge is 0.497 e. The van der Waals surface area contributed by atoms with Gasteiger partial charge in [-0.15, -0.1) is 0 Å². The molecule has 3 rings (SSSR count).